The number of benzene rings is 1. The third-order valence-corrected chi connectivity index (χ3v) is 2.07. The van der Waals surface area contributed by atoms with Crippen LogP contribution in [-0.4, -0.2) is 16.3 Å². The van der Waals surface area contributed by atoms with Gasteiger partial charge in [0.2, 0.25) is 0 Å². The average molecular weight is 180 g/mol. The second-order valence-corrected chi connectivity index (χ2v) is 3.52. The molecule has 0 bridgehead atoms. The molecule has 0 heterocycles. The number of aromatic hydroxyl groups is 1. The maximum atomic E-state index is 9.52. The van der Waals surface area contributed by atoms with Gasteiger partial charge < -0.3 is 10.2 Å². The number of aryl methyl sites for hydroxylation is 2. The Balaban J connectivity index is 2.67. The van der Waals surface area contributed by atoms with Gasteiger partial charge in [0, 0.05) is 0 Å². The molecule has 2 nitrogen and oxygen atoms in total. The molecule has 0 fully saturated rings. The molecule has 0 saturated heterocycles. The van der Waals surface area contributed by atoms with Crippen molar-refractivity contribution in [1.82, 2.24) is 0 Å². The quantitative estimate of drug-likeness (QED) is 0.747. The molecule has 0 aliphatic carbocycles. The molecule has 0 aliphatic rings. The minimum atomic E-state index is -0.305. The average Bonchev–Trinajstić information content (AvgIpc) is 2.02. The highest BCUT2D eigenvalue weighted by molar-refractivity contribution is 5.35. The van der Waals surface area contributed by atoms with Gasteiger partial charge in [-0.3, -0.25) is 0 Å². The van der Waals surface area contributed by atoms with Crippen molar-refractivity contribution in [1.29, 1.82) is 0 Å². The van der Waals surface area contributed by atoms with Gasteiger partial charge >= 0.3 is 0 Å². The summed E-state index contributed by atoms with van der Waals surface area (Å²) in [5.74, 6) is 0.334. The van der Waals surface area contributed by atoms with Crippen LogP contribution in [0.1, 0.15) is 24.5 Å². The lowest BCUT2D eigenvalue weighted by Crippen LogP contribution is -2.01. The number of phenols is 1. The van der Waals surface area contributed by atoms with Crippen LogP contribution in [0.3, 0.4) is 0 Å². The highest BCUT2D eigenvalue weighted by Gasteiger charge is 2.02. The molecule has 72 valence electrons. The summed E-state index contributed by atoms with van der Waals surface area (Å²) in [7, 11) is 0. The van der Waals surface area contributed by atoms with Gasteiger partial charge in [-0.25, -0.2) is 0 Å². The van der Waals surface area contributed by atoms with Crippen molar-refractivity contribution in [3.63, 3.8) is 0 Å². The lowest BCUT2D eigenvalue weighted by Gasteiger charge is -2.06. The Bertz CT molecular complexity index is 279. The van der Waals surface area contributed by atoms with Gasteiger partial charge in [0.05, 0.1) is 6.10 Å². The fraction of sp³-hybridized carbons (Fsp3) is 0.455. The minimum Gasteiger partial charge on any atom is -0.508 e. The van der Waals surface area contributed by atoms with Crippen molar-refractivity contribution in [2.24, 2.45) is 0 Å². The molecular formula is C11H16O2. The second kappa shape index (κ2) is 4.28. The van der Waals surface area contributed by atoms with E-state index in [-0.39, 0.29) is 6.10 Å². The highest BCUT2D eigenvalue weighted by Crippen LogP contribution is 2.20. The zero-order valence-corrected chi connectivity index (χ0v) is 8.12. The Kier molecular flexibility index (Phi) is 3.32. The van der Waals surface area contributed by atoms with E-state index in [9.17, 15) is 5.11 Å². The molecule has 2 heteroatoms. The Labute approximate surface area is 78.8 Å². The first kappa shape index (κ1) is 10.1. The van der Waals surface area contributed by atoms with E-state index in [0.717, 1.165) is 17.5 Å². The fourth-order valence-corrected chi connectivity index (χ4v) is 1.25. The van der Waals surface area contributed by atoms with Crippen LogP contribution in [0.15, 0.2) is 18.2 Å². The lowest BCUT2D eigenvalue weighted by molar-refractivity contribution is 0.184. The highest BCUT2D eigenvalue weighted by atomic mass is 16.3. The first-order chi connectivity index (χ1) is 6.09. The number of hydrogen-bond donors (Lipinski definition) is 2. The molecule has 0 aromatic heterocycles. The predicted octanol–water partition coefficient (Wildman–Crippen LogP) is 2.01. The Hall–Kier alpha value is -1.02. The monoisotopic (exact) mass is 180 g/mol. The van der Waals surface area contributed by atoms with Gasteiger partial charge in [-0.05, 0) is 43.9 Å². The SMILES string of the molecule is Cc1ccc(CC[C@@H](C)O)c(O)c1. The van der Waals surface area contributed by atoms with Crippen molar-refractivity contribution in [2.45, 2.75) is 32.8 Å². The van der Waals surface area contributed by atoms with Crippen LogP contribution in [0.25, 0.3) is 0 Å². The Morgan fingerprint density at radius 3 is 2.62 bits per heavy atom. The summed E-state index contributed by atoms with van der Waals surface area (Å²) >= 11 is 0. The largest absolute Gasteiger partial charge is 0.508 e. The third-order valence-electron chi connectivity index (χ3n) is 2.07. The second-order valence-electron chi connectivity index (χ2n) is 3.52. The van der Waals surface area contributed by atoms with E-state index >= 15 is 0 Å². The molecule has 0 radical (unpaired) electrons. The van der Waals surface area contributed by atoms with Crippen LogP contribution >= 0.6 is 0 Å². The number of hydrogen-bond acceptors (Lipinski definition) is 2. The molecule has 2 N–H and O–H groups in total. The fourth-order valence-electron chi connectivity index (χ4n) is 1.25. The number of rotatable bonds is 3. The van der Waals surface area contributed by atoms with Gasteiger partial charge in [0.15, 0.2) is 0 Å². The van der Waals surface area contributed by atoms with Gasteiger partial charge in [0.1, 0.15) is 5.75 Å². The summed E-state index contributed by atoms with van der Waals surface area (Å²) in [5.41, 5.74) is 1.96. The number of aliphatic hydroxyl groups excluding tert-OH is 1. The first-order valence-electron chi connectivity index (χ1n) is 4.56. The van der Waals surface area contributed by atoms with Crippen LogP contribution in [0.2, 0.25) is 0 Å². The van der Waals surface area contributed by atoms with Crippen molar-refractivity contribution < 1.29 is 10.2 Å². The topological polar surface area (TPSA) is 40.5 Å². The van der Waals surface area contributed by atoms with Crippen LogP contribution < -0.4 is 0 Å². The van der Waals surface area contributed by atoms with Crippen LogP contribution in [-0.2, 0) is 6.42 Å². The van der Waals surface area contributed by atoms with Crippen LogP contribution in [0.4, 0.5) is 0 Å². The van der Waals surface area contributed by atoms with Crippen molar-refractivity contribution in [3.05, 3.63) is 29.3 Å². The molecule has 1 atom stereocenters. The molecular weight excluding hydrogens is 164 g/mol. The van der Waals surface area contributed by atoms with E-state index < -0.39 is 0 Å². The summed E-state index contributed by atoms with van der Waals surface area (Å²) < 4.78 is 0. The molecule has 0 spiro atoms. The van der Waals surface area contributed by atoms with Gasteiger partial charge in [-0.2, -0.15) is 0 Å². The lowest BCUT2D eigenvalue weighted by atomic mass is 10.0. The summed E-state index contributed by atoms with van der Waals surface area (Å²) in [5, 5.41) is 18.6. The molecule has 0 saturated carbocycles. The molecule has 1 rings (SSSR count). The number of phenolic OH excluding ortho intramolecular Hbond substituents is 1. The Morgan fingerprint density at radius 1 is 1.38 bits per heavy atom. The van der Waals surface area contributed by atoms with Gasteiger partial charge in [0.25, 0.3) is 0 Å². The molecule has 0 amide bonds. The first-order valence-corrected chi connectivity index (χ1v) is 4.56. The molecule has 0 unspecified atom stereocenters. The summed E-state index contributed by atoms with van der Waals surface area (Å²) in [6.07, 6.45) is 1.11. The normalized spacial score (nSPS) is 12.8. The van der Waals surface area contributed by atoms with E-state index in [1.165, 1.54) is 0 Å². The van der Waals surface area contributed by atoms with Crippen LogP contribution in [0, 0.1) is 6.92 Å². The number of aliphatic hydroxyl groups is 1. The van der Waals surface area contributed by atoms with Crippen molar-refractivity contribution in [3.8, 4) is 5.75 Å². The smallest absolute Gasteiger partial charge is 0.119 e. The summed E-state index contributed by atoms with van der Waals surface area (Å²) in [6.45, 7) is 3.70. The molecule has 13 heavy (non-hydrogen) atoms. The maximum absolute atomic E-state index is 9.52. The zero-order valence-electron chi connectivity index (χ0n) is 8.12. The zero-order chi connectivity index (χ0) is 9.84. The van der Waals surface area contributed by atoms with Gasteiger partial charge in [-0.1, -0.05) is 12.1 Å². The van der Waals surface area contributed by atoms with E-state index in [4.69, 9.17) is 5.11 Å². The van der Waals surface area contributed by atoms with Crippen molar-refractivity contribution in [2.75, 3.05) is 0 Å². The van der Waals surface area contributed by atoms with E-state index in [0.29, 0.717) is 12.2 Å². The van der Waals surface area contributed by atoms with E-state index in [1.807, 2.05) is 19.1 Å². The minimum absolute atomic E-state index is 0.305. The van der Waals surface area contributed by atoms with Crippen molar-refractivity contribution >= 4 is 0 Å². The molecule has 1 aromatic carbocycles. The summed E-state index contributed by atoms with van der Waals surface area (Å²) in [4.78, 5) is 0. The molecule has 1 aromatic rings. The van der Waals surface area contributed by atoms with Crippen LogP contribution in [0.5, 0.6) is 5.75 Å². The standard InChI is InChI=1S/C11H16O2/c1-8-3-5-10(11(13)7-8)6-4-9(2)12/h3,5,7,9,12-13H,4,6H2,1-2H3/t9-/m1/s1. The maximum Gasteiger partial charge on any atom is 0.119 e. The van der Waals surface area contributed by atoms with Gasteiger partial charge in [-0.15, -0.1) is 0 Å². The Morgan fingerprint density at radius 2 is 2.08 bits per heavy atom. The molecule has 0 aliphatic heterocycles. The summed E-state index contributed by atoms with van der Waals surface area (Å²) in [6, 6.07) is 5.63. The van der Waals surface area contributed by atoms with E-state index in [2.05, 4.69) is 0 Å². The van der Waals surface area contributed by atoms with E-state index in [1.54, 1.807) is 13.0 Å². The predicted molar refractivity (Wildman–Crippen MR) is 52.8 cm³/mol. The third kappa shape index (κ3) is 3.07.